The summed E-state index contributed by atoms with van der Waals surface area (Å²) in [6.45, 7) is 6.53. The van der Waals surface area contributed by atoms with E-state index in [1.807, 2.05) is 25.7 Å². The number of nitrogens with zero attached hydrogens (tertiary/aromatic N) is 2. The molecule has 0 bridgehead atoms. The third-order valence-corrected chi connectivity index (χ3v) is 3.47. The van der Waals surface area contributed by atoms with Crippen LogP contribution in [0.2, 0.25) is 0 Å². The van der Waals surface area contributed by atoms with Gasteiger partial charge in [-0.15, -0.1) is 0 Å². The van der Waals surface area contributed by atoms with Gasteiger partial charge in [0.15, 0.2) is 0 Å². The van der Waals surface area contributed by atoms with E-state index in [4.69, 9.17) is 10.2 Å². The average Bonchev–Trinajstić information content (AvgIpc) is 2.35. The second-order valence-corrected chi connectivity index (χ2v) is 6.25. The molecule has 2 rings (SSSR count). The molecule has 22 heavy (non-hydrogen) atoms. The zero-order valence-corrected chi connectivity index (χ0v) is 12.8. The van der Waals surface area contributed by atoms with Crippen LogP contribution in [0.15, 0.2) is 12.3 Å². The van der Waals surface area contributed by atoms with Crippen molar-refractivity contribution in [1.29, 1.82) is 0 Å². The Morgan fingerprint density at radius 3 is 2.55 bits per heavy atom. The number of pyridine rings is 1. The van der Waals surface area contributed by atoms with Crippen LogP contribution in [0.4, 0.5) is 21.0 Å². The number of aromatic nitrogens is 1. The molecule has 8 heteroatoms. The topological polar surface area (TPSA) is 115 Å². The summed E-state index contributed by atoms with van der Waals surface area (Å²) in [5, 5.41) is 22.5. The van der Waals surface area contributed by atoms with Crippen molar-refractivity contribution in [3.63, 3.8) is 0 Å². The summed E-state index contributed by atoms with van der Waals surface area (Å²) in [7, 11) is 0. The summed E-state index contributed by atoms with van der Waals surface area (Å²) >= 11 is 0. The van der Waals surface area contributed by atoms with Gasteiger partial charge in [0.05, 0.1) is 29.3 Å². The van der Waals surface area contributed by atoms with Crippen LogP contribution < -0.4 is 15.5 Å². The molecule has 0 spiro atoms. The fraction of sp³-hybridized carbons (Fsp3) is 0.500. The molecule has 1 atom stereocenters. The first-order chi connectivity index (χ1) is 10.2. The molecular weight excluding hydrogens is 288 g/mol. The van der Waals surface area contributed by atoms with Crippen molar-refractivity contribution in [2.45, 2.75) is 38.8 Å². The molecule has 0 aromatic carbocycles. The molecule has 2 amide bonds. The molecule has 120 valence electrons. The van der Waals surface area contributed by atoms with E-state index in [0.717, 1.165) is 11.4 Å². The van der Waals surface area contributed by atoms with Crippen molar-refractivity contribution in [3.05, 3.63) is 18.0 Å². The first-order valence-electron chi connectivity index (χ1n) is 6.93. The SMILES string of the molecule is CC(C)(C)N1CC(NC(=O)O)Cc2ncc(NC(=O)O)cc21. The highest BCUT2D eigenvalue weighted by molar-refractivity contribution is 5.83. The normalized spacial score (nSPS) is 17.6. The summed E-state index contributed by atoms with van der Waals surface area (Å²) in [4.78, 5) is 28.0. The number of carbonyl (C=O) groups is 2. The number of nitrogens with one attached hydrogen (secondary N) is 2. The molecule has 2 heterocycles. The van der Waals surface area contributed by atoms with Gasteiger partial charge in [-0.25, -0.2) is 9.59 Å². The fourth-order valence-corrected chi connectivity index (χ4v) is 2.59. The van der Waals surface area contributed by atoms with E-state index >= 15 is 0 Å². The maximum Gasteiger partial charge on any atom is 0.409 e. The Labute approximate surface area is 128 Å². The van der Waals surface area contributed by atoms with Crippen LogP contribution in [0.25, 0.3) is 0 Å². The first kappa shape index (κ1) is 15.9. The Balaban J connectivity index is 2.37. The Morgan fingerprint density at radius 2 is 2.00 bits per heavy atom. The average molecular weight is 308 g/mol. The lowest BCUT2D eigenvalue weighted by atomic mass is 9.96. The van der Waals surface area contributed by atoms with Gasteiger partial charge in [-0.3, -0.25) is 10.3 Å². The maximum absolute atomic E-state index is 10.9. The number of rotatable bonds is 2. The quantitative estimate of drug-likeness (QED) is 0.664. The van der Waals surface area contributed by atoms with E-state index in [9.17, 15) is 9.59 Å². The number of carboxylic acid groups (broad SMARTS) is 2. The number of hydrogen-bond donors (Lipinski definition) is 4. The van der Waals surface area contributed by atoms with Gasteiger partial charge in [-0.05, 0) is 26.8 Å². The van der Waals surface area contributed by atoms with Crippen LogP contribution in [0.1, 0.15) is 26.5 Å². The fourth-order valence-electron chi connectivity index (χ4n) is 2.59. The first-order valence-corrected chi connectivity index (χ1v) is 6.93. The molecule has 4 N–H and O–H groups in total. The van der Waals surface area contributed by atoms with Crippen LogP contribution in [0.3, 0.4) is 0 Å². The molecule has 1 unspecified atom stereocenters. The molecule has 0 saturated carbocycles. The molecule has 0 radical (unpaired) electrons. The minimum Gasteiger partial charge on any atom is -0.465 e. The Bertz CT molecular complexity index is 597. The maximum atomic E-state index is 10.9. The van der Waals surface area contributed by atoms with Gasteiger partial charge < -0.3 is 20.4 Å². The van der Waals surface area contributed by atoms with Crippen molar-refractivity contribution >= 4 is 23.6 Å². The number of hydrogen-bond acceptors (Lipinski definition) is 4. The monoisotopic (exact) mass is 308 g/mol. The van der Waals surface area contributed by atoms with E-state index in [1.165, 1.54) is 6.20 Å². The molecule has 0 aliphatic carbocycles. The number of anilines is 2. The van der Waals surface area contributed by atoms with Crippen molar-refractivity contribution in [2.75, 3.05) is 16.8 Å². The Kier molecular flexibility index (Phi) is 4.11. The molecular formula is C14H20N4O4. The van der Waals surface area contributed by atoms with Gasteiger partial charge in [-0.1, -0.05) is 0 Å². The Hall–Kier alpha value is -2.51. The predicted molar refractivity (Wildman–Crippen MR) is 81.6 cm³/mol. The third-order valence-electron chi connectivity index (χ3n) is 3.47. The highest BCUT2D eigenvalue weighted by Gasteiger charge is 2.33. The molecule has 1 aliphatic heterocycles. The Morgan fingerprint density at radius 1 is 1.32 bits per heavy atom. The summed E-state index contributed by atoms with van der Waals surface area (Å²) in [6.07, 6.45) is -0.296. The minimum absolute atomic E-state index is 0.253. The van der Waals surface area contributed by atoms with Crippen LogP contribution in [-0.2, 0) is 6.42 Å². The molecule has 8 nitrogen and oxygen atoms in total. The van der Waals surface area contributed by atoms with E-state index in [2.05, 4.69) is 15.6 Å². The third kappa shape index (κ3) is 3.57. The summed E-state index contributed by atoms with van der Waals surface area (Å²) < 4.78 is 0. The van der Waals surface area contributed by atoms with Crippen molar-refractivity contribution < 1.29 is 19.8 Å². The zero-order chi connectivity index (χ0) is 16.5. The second kappa shape index (κ2) is 5.70. The standard InChI is InChI=1S/C14H20N4O4/c1-14(2,3)18-7-9(17-13(21)22)4-10-11(18)5-8(6-15-10)16-12(19)20/h5-6,9,16-17H,4,7H2,1-3H3,(H,19,20)(H,21,22). The van der Waals surface area contributed by atoms with Crippen molar-refractivity contribution in [3.8, 4) is 0 Å². The number of fused-ring (bicyclic) bond motifs is 1. The van der Waals surface area contributed by atoms with E-state index in [1.54, 1.807) is 6.07 Å². The van der Waals surface area contributed by atoms with Gasteiger partial charge in [0, 0.05) is 18.5 Å². The summed E-state index contributed by atoms with van der Waals surface area (Å²) in [5.74, 6) is 0. The molecule has 1 aromatic heterocycles. The van der Waals surface area contributed by atoms with E-state index in [-0.39, 0.29) is 11.6 Å². The molecule has 0 saturated heterocycles. The lowest BCUT2D eigenvalue weighted by Crippen LogP contribution is -2.54. The van der Waals surface area contributed by atoms with Gasteiger partial charge in [0.25, 0.3) is 0 Å². The molecule has 0 fully saturated rings. The van der Waals surface area contributed by atoms with Gasteiger partial charge in [-0.2, -0.15) is 0 Å². The van der Waals surface area contributed by atoms with Gasteiger partial charge in [0.1, 0.15) is 0 Å². The predicted octanol–water partition coefficient (Wildman–Crippen LogP) is 1.97. The minimum atomic E-state index is -1.15. The van der Waals surface area contributed by atoms with Crippen LogP contribution >= 0.6 is 0 Å². The van der Waals surface area contributed by atoms with Crippen LogP contribution in [0, 0.1) is 0 Å². The zero-order valence-electron chi connectivity index (χ0n) is 12.8. The largest absolute Gasteiger partial charge is 0.465 e. The van der Waals surface area contributed by atoms with Crippen molar-refractivity contribution in [2.24, 2.45) is 0 Å². The second-order valence-electron chi connectivity index (χ2n) is 6.25. The highest BCUT2D eigenvalue weighted by Crippen LogP contribution is 2.33. The number of amides is 2. The lowest BCUT2D eigenvalue weighted by molar-refractivity contribution is 0.189. The summed E-state index contributed by atoms with van der Waals surface area (Å²) in [6, 6.07) is 1.48. The van der Waals surface area contributed by atoms with Gasteiger partial charge >= 0.3 is 12.2 Å². The molecule has 1 aliphatic rings. The molecule has 1 aromatic rings. The van der Waals surface area contributed by atoms with Crippen LogP contribution in [0.5, 0.6) is 0 Å². The highest BCUT2D eigenvalue weighted by atomic mass is 16.4. The van der Waals surface area contributed by atoms with Crippen LogP contribution in [-0.4, -0.2) is 45.5 Å². The lowest BCUT2D eigenvalue weighted by Gasteiger charge is -2.44. The summed E-state index contributed by atoms with van der Waals surface area (Å²) in [5.41, 5.74) is 1.71. The van der Waals surface area contributed by atoms with E-state index in [0.29, 0.717) is 18.7 Å². The smallest absolute Gasteiger partial charge is 0.409 e. The van der Waals surface area contributed by atoms with E-state index < -0.39 is 12.2 Å². The van der Waals surface area contributed by atoms with Gasteiger partial charge in [0.2, 0.25) is 0 Å². The van der Waals surface area contributed by atoms with Crippen molar-refractivity contribution in [1.82, 2.24) is 10.3 Å².